The fourth-order valence-corrected chi connectivity index (χ4v) is 3.41. The number of hydrogen-bond donors (Lipinski definition) is 2. The lowest BCUT2D eigenvalue weighted by Crippen LogP contribution is -2.36. The molecule has 0 aliphatic carbocycles. The molecule has 0 atom stereocenters. The Morgan fingerprint density at radius 3 is 2.19 bits per heavy atom. The van der Waals surface area contributed by atoms with Gasteiger partial charge in [-0.25, -0.2) is 4.98 Å². The number of nitrogens with one attached hydrogen (secondary N) is 2. The molecule has 2 heterocycles. The van der Waals surface area contributed by atoms with Crippen molar-refractivity contribution in [2.24, 2.45) is 0 Å². The standard InChI is InChI=1S/C23H24F3N5O/c1-2-16-3-5-17(6-4-16)28-21-20(23(24,25)26)15-27-22(30-21)29-18-7-9-19(10-8-18)31-11-13-32-14-12-31/h3-10,15H,2,11-14H2,1H3,(H2,27,28,29,30). The molecule has 0 spiro atoms. The van der Waals surface area contributed by atoms with E-state index in [1.54, 1.807) is 12.1 Å². The smallest absolute Gasteiger partial charge is 0.378 e. The molecule has 2 aromatic carbocycles. The molecule has 1 aromatic heterocycles. The van der Waals surface area contributed by atoms with Gasteiger partial charge in [-0.1, -0.05) is 19.1 Å². The van der Waals surface area contributed by atoms with E-state index < -0.39 is 11.7 Å². The highest BCUT2D eigenvalue weighted by Crippen LogP contribution is 2.35. The molecule has 1 aliphatic heterocycles. The Balaban J connectivity index is 1.54. The van der Waals surface area contributed by atoms with Gasteiger partial charge < -0.3 is 20.3 Å². The van der Waals surface area contributed by atoms with Gasteiger partial charge in [0.05, 0.1) is 13.2 Å². The summed E-state index contributed by atoms with van der Waals surface area (Å²) in [7, 11) is 0. The van der Waals surface area contributed by atoms with Gasteiger partial charge in [-0.05, 0) is 48.4 Å². The molecule has 0 radical (unpaired) electrons. The second kappa shape index (κ2) is 9.44. The molecule has 1 saturated heterocycles. The van der Waals surface area contributed by atoms with Crippen LogP contribution in [-0.4, -0.2) is 36.3 Å². The van der Waals surface area contributed by atoms with E-state index in [9.17, 15) is 13.2 Å². The van der Waals surface area contributed by atoms with Crippen LogP contribution >= 0.6 is 0 Å². The zero-order valence-corrected chi connectivity index (χ0v) is 17.6. The third kappa shape index (κ3) is 5.28. The van der Waals surface area contributed by atoms with Crippen LogP contribution in [-0.2, 0) is 17.3 Å². The van der Waals surface area contributed by atoms with Crippen LogP contribution in [0.2, 0.25) is 0 Å². The van der Waals surface area contributed by atoms with Crippen molar-refractivity contribution in [2.45, 2.75) is 19.5 Å². The van der Waals surface area contributed by atoms with Crippen LogP contribution in [0.1, 0.15) is 18.1 Å². The summed E-state index contributed by atoms with van der Waals surface area (Å²) in [6.07, 6.45) is -2.94. The summed E-state index contributed by atoms with van der Waals surface area (Å²) in [4.78, 5) is 10.2. The number of benzene rings is 2. The quantitative estimate of drug-likeness (QED) is 0.533. The van der Waals surface area contributed by atoms with Gasteiger partial charge in [-0.3, -0.25) is 0 Å². The number of alkyl halides is 3. The van der Waals surface area contributed by atoms with E-state index in [1.165, 1.54) is 0 Å². The maximum absolute atomic E-state index is 13.5. The predicted molar refractivity (Wildman–Crippen MR) is 119 cm³/mol. The number of aromatic nitrogens is 2. The van der Waals surface area contributed by atoms with Crippen LogP contribution in [0.15, 0.2) is 54.7 Å². The molecule has 6 nitrogen and oxygen atoms in total. The highest BCUT2D eigenvalue weighted by molar-refractivity contribution is 5.64. The van der Waals surface area contributed by atoms with Crippen molar-refractivity contribution in [2.75, 3.05) is 41.8 Å². The first-order valence-electron chi connectivity index (χ1n) is 10.4. The number of rotatable bonds is 6. The molecule has 0 saturated carbocycles. The second-order valence-corrected chi connectivity index (χ2v) is 7.40. The van der Waals surface area contributed by atoms with Crippen molar-refractivity contribution in [3.63, 3.8) is 0 Å². The van der Waals surface area contributed by atoms with E-state index in [4.69, 9.17) is 4.74 Å². The van der Waals surface area contributed by atoms with Crippen molar-refractivity contribution in [1.29, 1.82) is 0 Å². The van der Waals surface area contributed by atoms with Crippen molar-refractivity contribution in [3.05, 3.63) is 65.9 Å². The predicted octanol–water partition coefficient (Wildman–Crippen LogP) is 5.38. The fraction of sp³-hybridized carbons (Fsp3) is 0.304. The zero-order chi connectivity index (χ0) is 22.6. The van der Waals surface area contributed by atoms with Gasteiger partial charge in [0.2, 0.25) is 5.95 Å². The van der Waals surface area contributed by atoms with Crippen LogP contribution in [0.3, 0.4) is 0 Å². The van der Waals surface area contributed by atoms with Gasteiger partial charge >= 0.3 is 6.18 Å². The monoisotopic (exact) mass is 443 g/mol. The molecule has 2 N–H and O–H groups in total. The van der Waals surface area contributed by atoms with E-state index in [-0.39, 0.29) is 11.8 Å². The lowest BCUT2D eigenvalue weighted by molar-refractivity contribution is -0.137. The highest BCUT2D eigenvalue weighted by atomic mass is 19.4. The summed E-state index contributed by atoms with van der Waals surface area (Å²) in [6, 6.07) is 14.8. The Labute approximate surface area is 184 Å². The van der Waals surface area contributed by atoms with Crippen LogP contribution in [0.5, 0.6) is 0 Å². The lowest BCUT2D eigenvalue weighted by atomic mass is 10.1. The molecule has 4 rings (SSSR count). The molecule has 1 fully saturated rings. The molecule has 32 heavy (non-hydrogen) atoms. The van der Waals surface area contributed by atoms with Gasteiger partial charge in [-0.2, -0.15) is 18.2 Å². The molecule has 1 aliphatic rings. The Morgan fingerprint density at radius 1 is 0.938 bits per heavy atom. The van der Waals surface area contributed by atoms with E-state index in [0.29, 0.717) is 24.6 Å². The van der Waals surface area contributed by atoms with Gasteiger partial charge in [0.15, 0.2) is 0 Å². The highest BCUT2D eigenvalue weighted by Gasteiger charge is 2.35. The average Bonchev–Trinajstić information content (AvgIpc) is 2.80. The Kier molecular flexibility index (Phi) is 6.45. The topological polar surface area (TPSA) is 62.3 Å². The van der Waals surface area contributed by atoms with Crippen LogP contribution in [0.25, 0.3) is 0 Å². The Morgan fingerprint density at radius 2 is 1.56 bits per heavy atom. The number of halogens is 3. The maximum atomic E-state index is 13.5. The van der Waals surface area contributed by atoms with Gasteiger partial charge in [0.1, 0.15) is 11.4 Å². The maximum Gasteiger partial charge on any atom is 0.421 e. The fourth-order valence-electron chi connectivity index (χ4n) is 3.41. The van der Waals surface area contributed by atoms with Gasteiger partial charge in [0.25, 0.3) is 0 Å². The molecule has 9 heteroatoms. The molecular formula is C23H24F3N5O. The number of nitrogens with zero attached hydrogens (tertiary/aromatic N) is 3. The first-order chi connectivity index (χ1) is 15.4. The van der Waals surface area contributed by atoms with E-state index in [2.05, 4.69) is 25.5 Å². The minimum absolute atomic E-state index is 0.0739. The molecule has 0 unspecified atom stereocenters. The minimum Gasteiger partial charge on any atom is -0.378 e. The van der Waals surface area contributed by atoms with Crippen molar-refractivity contribution in [3.8, 4) is 0 Å². The summed E-state index contributed by atoms with van der Waals surface area (Å²) >= 11 is 0. The lowest BCUT2D eigenvalue weighted by Gasteiger charge is -2.28. The number of ether oxygens (including phenoxy) is 1. The molecule has 168 valence electrons. The van der Waals surface area contributed by atoms with Crippen molar-refractivity contribution >= 4 is 28.8 Å². The van der Waals surface area contributed by atoms with Crippen molar-refractivity contribution < 1.29 is 17.9 Å². The van der Waals surface area contributed by atoms with Crippen LogP contribution in [0.4, 0.5) is 42.0 Å². The third-order valence-corrected chi connectivity index (χ3v) is 5.22. The Hall–Kier alpha value is -3.33. The number of anilines is 5. The molecule has 3 aromatic rings. The van der Waals surface area contributed by atoms with Crippen molar-refractivity contribution in [1.82, 2.24) is 9.97 Å². The molecule has 0 amide bonds. The Bertz CT molecular complexity index is 1030. The van der Waals surface area contributed by atoms with Gasteiger partial charge in [0, 0.05) is 36.3 Å². The normalized spacial score (nSPS) is 14.3. The number of hydrogen-bond acceptors (Lipinski definition) is 6. The van der Waals surface area contributed by atoms with E-state index in [1.807, 2.05) is 43.3 Å². The largest absolute Gasteiger partial charge is 0.421 e. The average molecular weight is 443 g/mol. The number of aryl methyl sites for hydroxylation is 1. The third-order valence-electron chi connectivity index (χ3n) is 5.22. The van der Waals surface area contributed by atoms with Crippen LogP contribution in [0, 0.1) is 0 Å². The summed E-state index contributed by atoms with van der Waals surface area (Å²) < 4.78 is 45.9. The van der Waals surface area contributed by atoms with Gasteiger partial charge in [-0.15, -0.1) is 0 Å². The summed E-state index contributed by atoms with van der Waals surface area (Å²) in [5.41, 5.74) is 2.43. The minimum atomic E-state index is -4.58. The zero-order valence-electron chi connectivity index (χ0n) is 17.6. The molecule has 0 bridgehead atoms. The first-order valence-corrected chi connectivity index (χ1v) is 10.4. The SMILES string of the molecule is CCc1ccc(Nc2nc(Nc3ccc(N4CCOCC4)cc3)ncc2C(F)(F)F)cc1. The van der Waals surface area contributed by atoms with E-state index >= 15 is 0 Å². The first kappa shape index (κ1) is 21.9. The second-order valence-electron chi connectivity index (χ2n) is 7.40. The van der Waals surface area contributed by atoms with Crippen LogP contribution < -0.4 is 15.5 Å². The number of morpholine rings is 1. The van der Waals surface area contributed by atoms with E-state index in [0.717, 1.165) is 37.0 Å². The summed E-state index contributed by atoms with van der Waals surface area (Å²) in [6.45, 7) is 5.04. The summed E-state index contributed by atoms with van der Waals surface area (Å²) in [5, 5.41) is 5.76. The summed E-state index contributed by atoms with van der Waals surface area (Å²) in [5.74, 6) is -0.228. The molecular weight excluding hydrogens is 419 g/mol.